The lowest BCUT2D eigenvalue weighted by Crippen LogP contribution is -2.38. The predicted molar refractivity (Wildman–Crippen MR) is 78.1 cm³/mol. The van der Waals surface area contributed by atoms with Crippen molar-refractivity contribution in [3.8, 4) is 0 Å². The Morgan fingerprint density at radius 2 is 2.10 bits per heavy atom. The van der Waals surface area contributed by atoms with Gasteiger partial charge in [0, 0.05) is 13.1 Å². The molecule has 1 unspecified atom stereocenters. The van der Waals surface area contributed by atoms with Crippen molar-refractivity contribution in [2.24, 2.45) is 5.92 Å². The van der Waals surface area contributed by atoms with Crippen molar-refractivity contribution >= 4 is 0 Å². The molecule has 1 aromatic rings. The second kappa shape index (κ2) is 6.79. The molecule has 118 valence electrons. The summed E-state index contributed by atoms with van der Waals surface area (Å²) in [6.07, 6.45) is -1.87. The van der Waals surface area contributed by atoms with Crippen LogP contribution in [0.5, 0.6) is 0 Å². The summed E-state index contributed by atoms with van der Waals surface area (Å²) in [7, 11) is 1.96. The number of piperidine rings is 1. The SMILES string of the molecule is CNCC1CCCN(Cc2ccc(C(F)(F)F)cc2C)C1. The van der Waals surface area contributed by atoms with E-state index in [4.69, 9.17) is 0 Å². The normalized spacial score (nSPS) is 20.7. The third kappa shape index (κ3) is 4.45. The van der Waals surface area contributed by atoms with Crippen LogP contribution in [0.15, 0.2) is 18.2 Å². The van der Waals surface area contributed by atoms with Crippen LogP contribution in [0.3, 0.4) is 0 Å². The smallest absolute Gasteiger partial charge is 0.319 e. The Hall–Kier alpha value is -1.07. The molecule has 1 atom stereocenters. The van der Waals surface area contributed by atoms with E-state index in [9.17, 15) is 13.2 Å². The maximum atomic E-state index is 12.7. The summed E-state index contributed by atoms with van der Waals surface area (Å²) in [6.45, 7) is 5.55. The first-order chi connectivity index (χ1) is 9.90. The number of aryl methyl sites for hydroxylation is 1. The van der Waals surface area contributed by atoms with Gasteiger partial charge in [-0.05, 0) is 69.1 Å². The third-order valence-electron chi connectivity index (χ3n) is 4.16. The van der Waals surface area contributed by atoms with Crippen molar-refractivity contribution in [3.63, 3.8) is 0 Å². The average Bonchev–Trinajstić information content (AvgIpc) is 2.41. The fourth-order valence-electron chi connectivity index (χ4n) is 3.04. The van der Waals surface area contributed by atoms with Crippen LogP contribution in [0.1, 0.15) is 29.5 Å². The highest BCUT2D eigenvalue weighted by Crippen LogP contribution is 2.31. The maximum Gasteiger partial charge on any atom is 0.416 e. The molecule has 1 saturated heterocycles. The monoisotopic (exact) mass is 300 g/mol. The highest BCUT2D eigenvalue weighted by molar-refractivity contribution is 5.32. The molecule has 0 aliphatic carbocycles. The van der Waals surface area contributed by atoms with Gasteiger partial charge in [0.25, 0.3) is 0 Å². The zero-order chi connectivity index (χ0) is 15.5. The zero-order valence-electron chi connectivity index (χ0n) is 12.6. The third-order valence-corrected chi connectivity index (χ3v) is 4.16. The maximum absolute atomic E-state index is 12.7. The minimum absolute atomic E-state index is 0.560. The molecule has 0 aromatic heterocycles. The first-order valence-electron chi connectivity index (χ1n) is 7.44. The number of benzene rings is 1. The van der Waals surface area contributed by atoms with Crippen LogP contribution in [0.25, 0.3) is 0 Å². The number of nitrogens with one attached hydrogen (secondary N) is 1. The van der Waals surface area contributed by atoms with E-state index in [1.54, 1.807) is 13.0 Å². The Kier molecular flexibility index (Phi) is 5.27. The van der Waals surface area contributed by atoms with Crippen molar-refractivity contribution in [1.29, 1.82) is 0 Å². The molecule has 0 bridgehead atoms. The zero-order valence-corrected chi connectivity index (χ0v) is 12.6. The molecule has 1 N–H and O–H groups in total. The number of rotatable bonds is 4. The van der Waals surface area contributed by atoms with E-state index in [0.717, 1.165) is 43.7 Å². The number of hydrogen-bond donors (Lipinski definition) is 1. The number of halogens is 3. The summed E-state index contributed by atoms with van der Waals surface area (Å²) in [5.74, 6) is 0.638. The second-order valence-electron chi connectivity index (χ2n) is 5.94. The lowest BCUT2D eigenvalue weighted by atomic mass is 9.96. The number of alkyl halides is 3. The van der Waals surface area contributed by atoms with Gasteiger partial charge >= 0.3 is 6.18 Å². The number of nitrogens with zero attached hydrogens (tertiary/aromatic N) is 1. The van der Waals surface area contributed by atoms with Gasteiger partial charge in [-0.3, -0.25) is 4.90 Å². The minimum Gasteiger partial charge on any atom is -0.319 e. The highest BCUT2D eigenvalue weighted by Gasteiger charge is 2.30. The van der Waals surface area contributed by atoms with E-state index < -0.39 is 11.7 Å². The van der Waals surface area contributed by atoms with Crippen LogP contribution in [-0.4, -0.2) is 31.6 Å². The molecule has 2 nitrogen and oxygen atoms in total. The number of hydrogen-bond acceptors (Lipinski definition) is 2. The van der Waals surface area contributed by atoms with E-state index >= 15 is 0 Å². The van der Waals surface area contributed by atoms with Gasteiger partial charge in [0.15, 0.2) is 0 Å². The fourth-order valence-corrected chi connectivity index (χ4v) is 3.04. The van der Waals surface area contributed by atoms with Crippen molar-refractivity contribution in [2.45, 2.75) is 32.5 Å². The second-order valence-corrected chi connectivity index (χ2v) is 5.94. The van der Waals surface area contributed by atoms with Crippen LogP contribution in [0.4, 0.5) is 13.2 Å². The van der Waals surface area contributed by atoms with E-state index in [2.05, 4.69) is 10.2 Å². The topological polar surface area (TPSA) is 15.3 Å². The molecule has 1 aliphatic rings. The van der Waals surface area contributed by atoms with E-state index in [-0.39, 0.29) is 0 Å². The fraction of sp³-hybridized carbons (Fsp3) is 0.625. The van der Waals surface area contributed by atoms with E-state index in [1.165, 1.54) is 18.6 Å². The standard InChI is InChI=1S/C16H23F3N2/c1-12-8-15(16(17,18)19)6-5-14(12)11-21-7-3-4-13(10-21)9-20-2/h5-6,8,13,20H,3-4,7,9-11H2,1-2H3. The first-order valence-corrected chi connectivity index (χ1v) is 7.44. The summed E-state index contributed by atoms with van der Waals surface area (Å²) in [6, 6.07) is 4.07. The van der Waals surface area contributed by atoms with Crippen LogP contribution in [0.2, 0.25) is 0 Å². The first kappa shape index (κ1) is 16.3. The molecule has 1 heterocycles. The van der Waals surface area contributed by atoms with Gasteiger partial charge in [-0.2, -0.15) is 13.2 Å². The Morgan fingerprint density at radius 3 is 2.71 bits per heavy atom. The molecule has 2 rings (SSSR count). The van der Waals surface area contributed by atoms with Crippen LogP contribution < -0.4 is 5.32 Å². The summed E-state index contributed by atoms with van der Waals surface area (Å²) in [5.41, 5.74) is 1.16. The summed E-state index contributed by atoms with van der Waals surface area (Å²) in [5, 5.41) is 3.21. The largest absolute Gasteiger partial charge is 0.416 e. The summed E-state index contributed by atoms with van der Waals surface area (Å²) >= 11 is 0. The molecule has 1 fully saturated rings. The van der Waals surface area contributed by atoms with Gasteiger partial charge in [-0.25, -0.2) is 0 Å². The Labute approximate surface area is 124 Å². The molecular weight excluding hydrogens is 277 g/mol. The van der Waals surface area contributed by atoms with Crippen molar-refractivity contribution in [2.75, 3.05) is 26.7 Å². The van der Waals surface area contributed by atoms with Gasteiger partial charge in [0.05, 0.1) is 5.56 Å². The van der Waals surface area contributed by atoms with Crippen LogP contribution >= 0.6 is 0 Å². The van der Waals surface area contributed by atoms with Gasteiger partial charge in [0.1, 0.15) is 0 Å². The van der Waals surface area contributed by atoms with Crippen LogP contribution in [0, 0.1) is 12.8 Å². The van der Waals surface area contributed by atoms with Gasteiger partial charge < -0.3 is 5.32 Å². The van der Waals surface area contributed by atoms with Gasteiger partial charge in [-0.15, -0.1) is 0 Å². The van der Waals surface area contributed by atoms with Gasteiger partial charge in [-0.1, -0.05) is 6.07 Å². The lowest BCUT2D eigenvalue weighted by Gasteiger charge is -2.33. The average molecular weight is 300 g/mol. The van der Waals surface area contributed by atoms with E-state index in [0.29, 0.717) is 5.92 Å². The molecule has 0 saturated carbocycles. The summed E-state index contributed by atoms with van der Waals surface area (Å²) < 4.78 is 38.0. The molecule has 21 heavy (non-hydrogen) atoms. The van der Waals surface area contributed by atoms with Crippen molar-refractivity contribution in [3.05, 3.63) is 34.9 Å². The Bertz CT molecular complexity index is 469. The molecule has 0 spiro atoms. The molecule has 1 aliphatic heterocycles. The molecule has 0 radical (unpaired) electrons. The lowest BCUT2D eigenvalue weighted by molar-refractivity contribution is -0.137. The molecular formula is C16H23F3N2. The number of likely N-dealkylation sites (tertiary alicyclic amines) is 1. The predicted octanol–water partition coefficient (Wildman–Crippen LogP) is 3.45. The van der Waals surface area contributed by atoms with Crippen LogP contribution in [-0.2, 0) is 12.7 Å². The molecule has 0 amide bonds. The Balaban J connectivity index is 2.02. The molecule has 1 aromatic carbocycles. The summed E-state index contributed by atoms with van der Waals surface area (Å²) in [4.78, 5) is 2.35. The quantitative estimate of drug-likeness (QED) is 0.916. The van der Waals surface area contributed by atoms with Crippen molar-refractivity contribution < 1.29 is 13.2 Å². The minimum atomic E-state index is -4.26. The molecule has 5 heteroatoms. The van der Waals surface area contributed by atoms with E-state index in [1.807, 2.05) is 7.05 Å². The van der Waals surface area contributed by atoms with Crippen molar-refractivity contribution in [1.82, 2.24) is 10.2 Å². The van der Waals surface area contributed by atoms with Gasteiger partial charge in [0.2, 0.25) is 0 Å². The highest BCUT2D eigenvalue weighted by atomic mass is 19.4. The Morgan fingerprint density at radius 1 is 1.33 bits per heavy atom.